The molecule has 1 amide bonds. The Hall–Kier alpha value is -2.20. The van der Waals surface area contributed by atoms with Gasteiger partial charge in [-0.25, -0.2) is 0 Å². The fourth-order valence-corrected chi connectivity index (χ4v) is 2.78. The van der Waals surface area contributed by atoms with Crippen molar-refractivity contribution in [2.45, 2.75) is 13.3 Å². The number of hydrogen-bond acceptors (Lipinski definition) is 3. The van der Waals surface area contributed by atoms with Crippen molar-refractivity contribution in [1.82, 2.24) is 15.2 Å². The predicted molar refractivity (Wildman–Crippen MR) is 87.8 cm³/mol. The predicted octanol–water partition coefficient (Wildman–Crippen LogP) is 2.49. The Bertz CT molecular complexity index is 647. The van der Waals surface area contributed by atoms with Crippen LogP contribution in [0.15, 0.2) is 42.5 Å². The summed E-state index contributed by atoms with van der Waals surface area (Å²) < 4.78 is 0. The Labute approximate surface area is 131 Å². The maximum atomic E-state index is 12.7. The van der Waals surface area contributed by atoms with Crippen molar-refractivity contribution in [1.29, 1.82) is 0 Å². The standard InChI is InChI=1S/C18H21N3O/c1-14-16(18(22)21-12-5-10-19-11-13-21)8-9-17(20-14)15-6-3-2-4-7-15/h2-4,6-9,19H,5,10-13H2,1H3. The second kappa shape index (κ2) is 6.71. The van der Waals surface area contributed by atoms with Crippen molar-refractivity contribution in [2.75, 3.05) is 26.2 Å². The Morgan fingerprint density at radius 1 is 1.09 bits per heavy atom. The molecule has 1 aliphatic rings. The van der Waals surface area contributed by atoms with E-state index in [2.05, 4.69) is 10.3 Å². The summed E-state index contributed by atoms with van der Waals surface area (Å²) in [6, 6.07) is 13.9. The van der Waals surface area contributed by atoms with Crippen LogP contribution in [-0.4, -0.2) is 42.0 Å². The summed E-state index contributed by atoms with van der Waals surface area (Å²) in [4.78, 5) is 19.2. The molecule has 2 heterocycles. The van der Waals surface area contributed by atoms with E-state index < -0.39 is 0 Å². The normalized spacial score (nSPS) is 15.4. The number of rotatable bonds is 2. The highest BCUT2D eigenvalue weighted by molar-refractivity contribution is 5.95. The molecule has 0 unspecified atom stereocenters. The molecule has 1 aromatic carbocycles. The topological polar surface area (TPSA) is 45.2 Å². The summed E-state index contributed by atoms with van der Waals surface area (Å²) >= 11 is 0. The van der Waals surface area contributed by atoms with Gasteiger partial charge in [-0.15, -0.1) is 0 Å². The molecule has 0 aliphatic carbocycles. The third kappa shape index (κ3) is 3.17. The number of pyridine rings is 1. The zero-order chi connectivity index (χ0) is 15.4. The Morgan fingerprint density at radius 3 is 2.68 bits per heavy atom. The first kappa shape index (κ1) is 14.7. The van der Waals surface area contributed by atoms with Crippen LogP contribution in [0.1, 0.15) is 22.5 Å². The fourth-order valence-electron chi connectivity index (χ4n) is 2.78. The van der Waals surface area contributed by atoms with Gasteiger partial charge in [-0.1, -0.05) is 30.3 Å². The van der Waals surface area contributed by atoms with Gasteiger partial charge in [-0.05, 0) is 32.0 Å². The number of carbonyl (C=O) groups excluding carboxylic acids is 1. The van der Waals surface area contributed by atoms with Crippen LogP contribution in [-0.2, 0) is 0 Å². The molecule has 1 aromatic heterocycles. The molecule has 4 nitrogen and oxygen atoms in total. The Morgan fingerprint density at radius 2 is 1.91 bits per heavy atom. The van der Waals surface area contributed by atoms with Gasteiger partial charge in [0.2, 0.25) is 0 Å². The average molecular weight is 295 g/mol. The quantitative estimate of drug-likeness (QED) is 0.926. The molecule has 4 heteroatoms. The molecule has 114 valence electrons. The lowest BCUT2D eigenvalue weighted by atomic mass is 10.1. The first-order valence-corrected chi connectivity index (χ1v) is 7.79. The van der Waals surface area contributed by atoms with Crippen molar-refractivity contribution in [3.8, 4) is 11.3 Å². The number of aryl methyl sites for hydroxylation is 1. The van der Waals surface area contributed by atoms with Crippen LogP contribution >= 0.6 is 0 Å². The van der Waals surface area contributed by atoms with Crippen LogP contribution in [0.25, 0.3) is 11.3 Å². The summed E-state index contributed by atoms with van der Waals surface area (Å²) in [6.45, 7) is 5.33. The zero-order valence-corrected chi connectivity index (χ0v) is 12.9. The number of carbonyl (C=O) groups is 1. The highest BCUT2D eigenvalue weighted by Gasteiger charge is 2.19. The van der Waals surface area contributed by atoms with Crippen LogP contribution in [0.4, 0.5) is 0 Å². The van der Waals surface area contributed by atoms with E-state index in [9.17, 15) is 4.79 Å². The maximum absolute atomic E-state index is 12.7. The van der Waals surface area contributed by atoms with Gasteiger partial charge < -0.3 is 10.2 Å². The molecule has 2 aromatic rings. The van der Waals surface area contributed by atoms with Crippen LogP contribution in [0.2, 0.25) is 0 Å². The lowest BCUT2D eigenvalue weighted by molar-refractivity contribution is 0.0765. The van der Waals surface area contributed by atoms with Crippen molar-refractivity contribution in [3.63, 3.8) is 0 Å². The van der Waals surface area contributed by atoms with E-state index in [0.29, 0.717) is 5.56 Å². The second-order valence-corrected chi connectivity index (χ2v) is 5.59. The first-order chi connectivity index (χ1) is 10.8. The van der Waals surface area contributed by atoms with Gasteiger partial charge in [0.1, 0.15) is 0 Å². The minimum Gasteiger partial charge on any atom is -0.337 e. The van der Waals surface area contributed by atoms with Crippen LogP contribution in [0, 0.1) is 6.92 Å². The van der Waals surface area contributed by atoms with Gasteiger partial charge in [0.15, 0.2) is 0 Å². The van der Waals surface area contributed by atoms with Gasteiger partial charge in [-0.2, -0.15) is 0 Å². The number of aromatic nitrogens is 1. The molecule has 0 spiro atoms. The van der Waals surface area contributed by atoms with E-state index in [0.717, 1.165) is 49.6 Å². The monoisotopic (exact) mass is 295 g/mol. The van der Waals surface area contributed by atoms with E-state index in [-0.39, 0.29) is 5.91 Å². The highest BCUT2D eigenvalue weighted by Crippen LogP contribution is 2.19. The van der Waals surface area contributed by atoms with E-state index in [4.69, 9.17) is 0 Å². The summed E-state index contributed by atoms with van der Waals surface area (Å²) in [5.41, 5.74) is 3.49. The maximum Gasteiger partial charge on any atom is 0.255 e. The molecule has 3 rings (SSSR count). The second-order valence-electron chi connectivity index (χ2n) is 5.59. The van der Waals surface area contributed by atoms with E-state index in [1.165, 1.54) is 0 Å². The van der Waals surface area contributed by atoms with E-state index in [1.807, 2.05) is 54.3 Å². The molecule has 0 atom stereocenters. The molecule has 1 saturated heterocycles. The zero-order valence-electron chi connectivity index (χ0n) is 12.9. The Balaban J connectivity index is 1.84. The van der Waals surface area contributed by atoms with Gasteiger partial charge in [0.05, 0.1) is 17.0 Å². The molecule has 0 radical (unpaired) electrons. The smallest absolute Gasteiger partial charge is 0.255 e. The molecule has 1 fully saturated rings. The molecular formula is C18H21N3O. The number of nitrogens with zero attached hydrogens (tertiary/aromatic N) is 2. The van der Waals surface area contributed by atoms with Crippen molar-refractivity contribution in [2.24, 2.45) is 0 Å². The summed E-state index contributed by atoms with van der Waals surface area (Å²) in [5, 5.41) is 3.32. The minimum absolute atomic E-state index is 0.0910. The summed E-state index contributed by atoms with van der Waals surface area (Å²) in [6.07, 6.45) is 1.00. The lowest BCUT2D eigenvalue weighted by Crippen LogP contribution is -2.34. The molecule has 1 N–H and O–H groups in total. The number of hydrogen-bond donors (Lipinski definition) is 1. The van der Waals surface area contributed by atoms with Crippen LogP contribution in [0.5, 0.6) is 0 Å². The SMILES string of the molecule is Cc1nc(-c2ccccc2)ccc1C(=O)N1CCCNCC1. The van der Waals surface area contributed by atoms with E-state index in [1.54, 1.807) is 0 Å². The van der Waals surface area contributed by atoms with E-state index >= 15 is 0 Å². The van der Waals surface area contributed by atoms with Gasteiger partial charge in [-0.3, -0.25) is 9.78 Å². The number of benzene rings is 1. The molecule has 1 aliphatic heterocycles. The Kier molecular flexibility index (Phi) is 4.49. The van der Waals surface area contributed by atoms with Crippen molar-refractivity contribution < 1.29 is 4.79 Å². The first-order valence-electron chi connectivity index (χ1n) is 7.79. The fraction of sp³-hybridized carbons (Fsp3) is 0.333. The third-order valence-corrected chi connectivity index (χ3v) is 4.01. The van der Waals surface area contributed by atoms with Crippen molar-refractivity contribution in [3.05, 3.63) is 53.7 Å². The molecule has 0 saturated carbocycles. The molecular weight excluding hydrogens is 274 g/mol. The largest absolute Gasteiger partial charge is 0.337 e. The third-order valence-electron chi connectivity index (χ3n) is 4.01. The van der Waals surface area contributed by atoms with Gasteiger partial charge in [0, 0.05) is 25.2 Å². The number of amides is 1. The number of nitrogens with one attached hydrogen (secondary N) is 1. The molecule has 0 bridgehead atoms. The van der Waals surface area contributed by atoms with Crippen molar-refractivity contribution >= 4 is 5.91 Å². The van der Waals surface area contributed by atoms with Crippen LogP contribution < -0.4 is 5.32 Å². The lowest BCUT2D eigenvalue weighted by Gasteiger charge is -2.21. The minimum atomic E-state index is 0.0910. The average Bonchev–Trinajstić information content (AvgIpc) is 2.84. The molecule has 22 heavy (non-hydrogen) atoms. The summed E-state index contributed by atoms with van der Waals surface area (Å²) in [7, 11) is 0. The highest BCUT2D eigenvalue weighted by atomic mass is 16.2. The van der Waals surface area contributed by atoms with Gasteiger partial charge in [0.25, 0.3) is 5.91 Å². The summed E-state index contributed by atoms with van der Waals surface area (Å²) in [5.74, 6) is 0.0910. The van der Waals surface area contributed by atoms with Crippen LogP contribution in [0.3, 0.4) is 0 Å². The van der Waals surface area contributed by atoms with Gasteiger partial charge >= 0.3 is 0 Å².